The van der Waals surface area contributed by atoms with Crippen LogP contribution in [0.4, 0.5) is 0 Å². The van der Waals surface area contributed by atoms with Crippen molar-refractivity contribution in [1.82, 2.24) is 5.32 Å². The first kappa shape index (κ1) is 12.0. The van der Waals surface area contributed by atoms with Crippen LogP contribution in [0.15, 0.2) is 0 Å². The van der Waals surface area contributed by atoms with Crippen LogP contribution in [-0.2, 0) is 9.59 Å². The smallest absolute Gasteiger partial charge is 0.220 e. The van der Waals surface area contributed by atoms with Gasteiger partial charge in [-0.1, -0.05) is 0 Å². The van der Waals surface area contributed by atoms with E-state index >= 15 is 0 Å². The van der Waals surface area contributed by atoms with Gasteiger partial charge in [0, 0.05) is 24.9 Å². The monoisotopic (exact) mass is 213 g/mol. The standard InChI is InChI=1S/C10H19N3O2/c11-7-2-1-3-8(6-7)13-10(15)5-4-9(12)14/h7-8H,1-6,11H2,(H2,12,14)(H,13,15). The summed E-state index contributed by atoms with van der Waals surface area (Å²) in [5.74, 6) is -0.543. The summed E-state index contributed by atoms with van der Waals surface area (Å²) in [6.07, 6.45) is 4.21. The van der Waals surface area contributed by atoms with E-state index in [4.69, 9.17) is 11.5 Å². The Morgan fingerprint density at radius 2 is 2.00 bits per heavy atom. The number of hydrogen-bond donors (Lipinski definition) is 3. The minimum absolute atomic E-state index is 0.104. The van der Waals surface area contributed by atoms with Crippen LogP contribution in [0.2, 0.25) is 0 Å². The molecule has 15 heavy (non-hydrogen) atoms. The predicted molar refractivity (Wildman–Crippen MR) is 56.8 cm³/mol. The van der Waals surface area contributed by atoms with Crippen molar-refractivity contribution in [2.75, 3.05) is 0 Å². The molecule has 1 aliphatic rings. The van der Waals surface area contributed by atoms with Gasteiger partial charge in [-0.2, -0.15) is 0 Å². The zero-order chi connectivity index (χ0) is 11.3. The highest BCUT2D eigenvalue weighted by Gasteiger charge is 2.20. The molecule has 2 amide bonds. The number of amides is 2. The maximum atomic E-state index is 11.4. The van der Waals surface area contributed by atoms with Gasteiger partial charge in [0.2, 0.25) is 11.8 Å². The second-order valence-corrected chi connectivity index (χ2v) is 4.16. The summed E-state index contributed by atoms with van der Waals surface area (Å²) >= 11 is 0. The van der Waals surface area contributed by atoms with Crippen molar-refractivity contribution in [3.05, 3.63) is 0 Å². The molecule has 0 heterocycles. The molecular formula is C10H19N3O2. The Morgan fingerprint density at radius 1 is 1.27 bits per heavy atom. The second-order valence-electron chi connectivity index (χ2n) is 4.16. The molecule has 5 N–H and O–H groups in total. The molecule has 0 radical (unpaired) electrons. The van der Waals surface area contributed by atoms with Crippen molar-refractivity contribution in [2.24, 2.45) is 11.5 Å². The minimum Gasteiger partial charge on any atom is -0.370 e. The van der Waals surface area contributed by atoms with Crippen molar-refractivity contribution >= 4 is 11.8 Å². The lowest BCUT2D eigenvalue weighted by Gasteiger charge is -2.27. The second kappa shape index (κ2) is 5.70. The lowest BCUT2D eigenvalue weighted by atomic mass is 9.91. The summed E-state index contributed by atoms with van der Waals surface area (Å²) in [5.41, 5.74) is 10.8. The van der Waals surface area contributed by atoms with E-state index in [-0.39, 0.29) is 30.8 Å². The lowest BCUT2D eigenvalue weighted by Crippen LogP contribution is -2.42. The van der Waals surface area contributed by atoms with Crippen LogP contribution in [0.3, 0.4) is 0 Å². The third kappa shape index (κ3) is 4.78. The molecule has 5 heteroatoms. The van der Waals surface area contributed by atoms with Crippen molar-refractivity contribution in [2.45, 2.75) is 50.6 Å². The quantitative estimate of drug-likeness (QED) is 0.594. The maximum absolute atomic E-state index is 11.4. The topological polar surface area (TPSA) is 98.2 Å². The summed E-state index contributed by atoms with van der Waals surface area (Å²) in [5, 5.41) is 2.88. The fraction of sp³-hybridized carbons (Fsp3) is 0.800. The molecule has 0 aliphatic heterocycles. The molecule has 2 atom stereocenters. The molecule has 0 aromatic heterocycles. The molecule has 0 bridgehead atoms. The van der Waals surface area contributed by atoms with E-state index in [1.165, 1.54) is 0 Å². The Bertz CT molecular complexity index is 243. The highest BCUT2D eigenvalue weighted by molar-refractivity contribution is 5.82. The Morgan fingerprint density at radius 3 is 2.60 bits per heavy atom. The van der Waals surface area contributed by atoms with Crippen LogP contribution in [0.1, 0.15) is 38.5 Å². The SMILES string of the molecule is NC(=O)CCC(=O)NC1CCCC(N)C1. The van der Waals surface area contributed by atoms with Gasteiger partial charge in [0.15, 0.2) is 0 Å². The van der Waals surface area contributed by atoms with Crippen LogP contribution in [0.25, 0.3) is 0 Å². The minimum atomic E-state index is -0.439. The molecule has 0 spiro atoms. The van der Waals surface area contributed by atoms with Crippen LogP contribution < -0.4 is 16.8 Å². The van der Waals surface area contributed by atoms with Gasteiger partial charge >= 0.3 is 0 Å². The first-order valence-electron chi connectivity index (χ1n) is 5.41. The van der Waals surface area contributed by atoms with E-state index in [0.717, 1.165) is 25.7 Å². The summed E-state index contributed by atoms with van der Waals surface area (Å²) in [6, 6.07) is 0.370. The highest BCUT2D eigenvalue weighted by Crippen LogP contribution is 2.16. The number of primary amides is 1. The average Bonchev–Trinajstić information content (AvgIpc) is 2.15. The Balaban J connectivity index is 2.22. The molecule has 0 aromatic rings. The van der Waals surface area contributed by atoms with Gasteiger partial charge in [-0.25, -0.2) is 0 Å². The highest BCUT2D eigenvalue weighted by atomic mass is 16.2. The molecule has 1 aliphatic carbocycles. The van der Waals surface area contributed by atoms with E-state index in [1.54, 1.807) is 0 Å². The fourth-order valence-corrected chi connectivity index (χ4v) is 1.90. The molecule has 5 nitrogen and oxygen atoms in total. The Kier molecular flexibility index (Phi) is 4.55. The molecule has 1 saturated carbocycles. The molecule has 86 valence electrons. The molecule has 1 fully saturated rings. The fourth-order valence-electron chi connectivity index (χ4n) is 1.90. The number of rotatable bonds is 4. The van der Waals surface area contributed by atoms with Crippen molar-refractivity contribution in [3.63, 3.8) is 0 Å². The number of nitrogens with one attached hydrogen (secondary N) is 1. The van der Waals surface area contributed by atoms with Gasteiger partial charge in [-0.3, -0.25) is 9.59 Å². The van der Waals surface area contributed by atoms with Crippen LogP contribution in [0, 0.1) is 0 Å². The maximum Gasteiger partial charge on any atom is 0.220 e. The van der Waals surface area contributed by atoms with Gasteiger partial charge in [0.05, 0.1) is 0 Å². The number of carbonyl (C=O) groups is 2. The van der Waals surface area contributed by atoms with Crippen LogP contribution in [0.5, 0.6) is 0 Å². The van der Waals surface area contributed by atoms with E-state index in [9.17, 15) is 9.59 Å². The molecule has 1 rings (SSSR count). The summed E-state index contributed by atoms with van der Waals surface area (Å²) < 4.78 is 0. The van der Waals surface area contributed by atoms with E-state index in [2.05, 4.69) is 5.32 Å². The third-order valence-corrected chi connectivity index (χ3v) is 2.68. The third-order valence-electron chi connectivity index (χ3n) is 2.68. The molecular weight excluding hydrogens is 194 g/mol. The van der Waals surface area contributed by atoms with Gasteiger partial charge in [0.25, 0.3) is 0 Å². The summed E-state index contributed by atoms with van der Waals surface area (Å²) in [6.45, 7) is 0. The van der Waals surface area contributed by atoms with Gasteiger partial charge in [0.1, 0.15) is 0 Å². The van der Waals surface area contributed by atoms with Crippen molar-refractivity contribution < 1.29 is 9.59 Å². The molecule has 0 aromatic carbocycles. The first-order chi connectivity index (χ1) is 7.08. The predicted octanol–water partition coefficient (Wildman–Crippen LogP) is -0.362. The van der Waals surface area contributed by atoms with Crippen LogP contribution >= 0.6 is 0 Å². The zero-order valence-corrected chi connectivity index (χ0v) is 8.87. The average molecular weight is 213 g/mol. The van der Waals surface area contributed by atoms with E-state index in [1.807, 2.05) is 0 Å². The summed E-state index contributed by atoms with van der Waals surface area (Å²) in [7, 11) is 0. The number of hydrogen-bond acceptors (Lipinski definition) is 3. The number of carbonyl (C=O) groups excluding carboxylic acids is 2. The largest absolute Gasteiger partial charge is 0.370 e. The molecule has 0 saturated heterocycles. The Hall–Kier alpha value is -1.10. The van der Waals surface area contributed by atoms with E-state index in [0.29, 0.717) is 0 Å². The summed E-state index contributed by atoms with van der Waals surface area (Å²) in [4.78, 5) is 21.8. The van der Waals surface area contributed by atoms with E-state index < -0.39 is 5.91 Å². The van der Waals surface area contributed by atoms with Gasteiger partial charge < -0.3 is 16.8 Å². The number of nitrogens with two attached hydrogens (primary N) is 2. The van der Waals surface area contributed by atoms with Crippen molar-refractivity contribution in [1.29, 1.82) is 0 Å². The Labute approximate surface area is 89.6 Å². The first-order valence-corrected chi connectivity index (χ1v) is 5.41. The van der Waals surface area contributed by atoms with Gasteiger partial charge in [-0.05, 0) is 25.7 Å². The van der Waals surface area contributed by atoms with Gasteiger partial charge in [-0.15, -0.1) is 0 Å². The lowest BCUT2D eigenvalue weighted by molar-refractivity contribution is -0.125. The van der Waals surface area contributed by atoms with Crippen LogP contribution in [-0.4, -0.2) is 23.9 Å². The zero-order valence-electron chi connectivity index (χ0n) is 8.87. The van der Waals surface area contributed by atoms with Crippen molar-refractivity contribution in [3.8, 4) is 0 Å². The normalized spacial score (nSPS) is 25.9. The molecule has 2 unspecified atom stereocenters.